The van der Waals surface area contributed by atoms with Gasteiger partial charge in [-0.25, -0.2) is 4.79 Å². The highest BCUT2D eigenvalue weighted by Gasteiger charge is 2.41. The topological polar surface area (TPSA) is 90.7 Å². The number of dihydropyridines is 1. The monoisotopic (exact) mass is 502 g/mol. The number of nitrogens with one attached hydrogen (secondary N) is 1. The number of nitro groups is 1. The van der Waals surface area contributed by atoms with Crippen LogP contribution in [0.5, 0.6) is 5.75 Å². The average Bonchev–Trinajstić information content (AvgIpc) is 2.76. The smallest absolute Gasteiger partial charge is 0.453 e. The van der Waals surface area contributed by atoms with Gasteiger partial charge in [-0.2, -0.15) is 13.2 Å². The summed E-state index contributed by atoms with van der Waals surface area (Å²) < 4.78 is 83.2. The Balaban J connectivity index is 2.03. The van der Waals surface area contributed by atoms with Gasteiger partial charge in [0.15, 0.2) is 6.61 Å². The third kappa shape index (κ3) is 6.98. The third-order valence-corrected chi connectivity index (χ3v) is 4.77. The molecule has 1 atom stereocenters. The van der Waals surface area contributed by atoms with Crippen molar-refractivity contribution in [3.63, 3.8) is 0 Å². The maximum atomic E-state index is 12.6. The number of allylic oxidation sites excluding steroid dienone is 2. The molecule has 0 aliphatic carbocycles. The first-order chi connectivity index (χ1) is 16.3. The fourth-order valence-corrected chi connectivity index (χ4v) is 3.41. The normalized spacial score (nSPS) is 16.3. The van der Waals surface area contributed by atoms with Crippen LogP contribution in [0.25, 0.3) is 0 Å². The summed E-state index contributed by atoms with van der Waals surface area (Å²) in [5.74, 6) is -3.64. The number of ether oxygens (including phenoxy) is 2. The molecule has 0 amide bonds. The van der Waals surface area contributed by atoms with Crippen LogP contribution >= 0.6 is 0 Å². The lowest BCUT2D eigenvalue weighted by atomic mass is 9.85. The molecule has 0 aromatic heterocycles. The molecular weight excluding hydrogens is 486 g/mol. The van der Waals surface area contributed by atoms with Crippen molar-refractivity contribution in [2.75, 3.05) is 6.61 Å². The fraction of sp³-hybridized carbons (Fsp3) is 0.227. The quantitative estimate of drug-likeness (QED) is 0.248. The number of hydrogen-bond acceptors (Lipinski definition) is 6. The number of rotatable bonds is 7. The van der Waals surface area contributed by atoms with E-state index in [0.717, 1.165) is 30.5 Å². The van der Waals surface area contributed by atoms with Crippen LogP contribution in [0.2, 0.25) is 0 Å². The van der Waals surface area contributed by atoms with Crippen molar-refractivity contribution in [2.24, 2.45) is 0 Å². The number of hydrogen-bond donors (Lipinski definition) is 1. The van der Waals surface area contributed by atoms with E-state index in [1.54, 1.807) is 30.3 Å². The van der Waals surface area contributed by atoms with Gasteiger partial charge in [0.05, 0.1) is 16.2 Å². The van der Waals surface area contributed by atoms with Gasteiger partial charge in [-0.05, 0) is 23.3 Å². The summed E-state index contributed by atoms with van der Waals surface area (Å²) in [7, 11) is 0. The molecule has 1 heterocycles. The van der Waals surface area contributed by atoms with Crippen molar-refractivity contribution in [3.05, 3.63) is 99.0 Å². The van der Waals surface area contributed by atoms with Crippen molar-refractivity contribution in [1.29, 1.82) is 0 Å². The van der Waals surface area contributed by atoms with Gasteiger partial charge in [-0.15, -0.1) is 13.2 Å². The molecule has 1 aliphatic rings. The second-order valence-corrected chi connectivity index (χ2v) is 7.27. The first-order valence-corrected chi connectivity index (χ1v) is 9.81. The predicted molar refractivity (Wildman–Crippen MR) is 108 cm³/mol. The molecule has 2 aromatic carbocycles. The van der Waals surface area contributed by atoms with Gasteiger partial charge in [-0.3, -0.25) is 10.1 Å². The van der Waals surface area contributed by atoms with Crippen LogP contribution in [-0.4, -0.2) is 30.0 Å². The molecule has 2 aromatic rings. The van der Waals surface area contributed by atoms with Gasteiger partial charge in [0.2, 0.25) is 0 Å². The molecule has 0 bridgehead atoms. The molecule has 0 fully saturated rings. The van der Waals surface area contributed by atoms with Crippen molar-refractivity contribution in [2.45, 2.75) is 24.9 Å². The van der Waals surface area contributed by atoms with Crippen LogP contribution in [0, 0.1) is 10.1 Å². The van der Waals surface area contributed by atoms with Crippen molar-refractivity contribution in [1.82, 2.24) is 5.32 Å². The summed E-state index contributed by atoms with van der Waals surface area (Å²) in [6.07, 6.45) is -8.83. The highest BCUT2D eigenvalue weighted by molar-refractivity contribution is 5.91. The third-order valence-electron chi connectivity index (χ3n) is 4.77. The zero-order chi connectivity index (χ0) is 25.8. The molecule has 0 saturated heterocycles. The van der Waals surface area contributed by atoms with Gasteiger partial charge in [0.1, 0.15) is 11.7 Å². The van der Waals surface area contributed by atoms with E-state index in [9.17, 15) is 41.3 Å². The molecule has 35 heavy (non-hydrogen) atoms. The lowest BCUT2D eigenvalue weighted by Crippen LogP contribution is -2.31. The minimum atomic E-state index is -4.99. The molecule has 0 saturated carbocycles. The Labute approximate surface area is 193 Å². The molecular formula is C22H16F6N2O5. The van der Waals surface area contributed by atoms with E-state index in [-0.39, 0.29) is 17.7 Å². The Morgan fingerprint density at radius 1 is 1.00 bits per heavy atom. The van der Waals surface area contributed by atoms with E-state index in [1.807, 2.05) is 0 Å². The summed E-state index contributed by atoms with van der Waals surface area (Å²) in [6, 6.07) is 12.3. The van der Waals surface area contributed by atoms with Crippen molar-refractivity contribution in [3.8, 4) is 5.75 Å². The Bertz CT molecular complexity index is 1140. The van der Waals surface area contributed by atoms with Gasteiger partial charge in [0, 0.05) is 12.6 Å². The van der Waals surface area contributed by atoms with E-state index in [0.29, 0.717) is 5.56 Å². The van der Waals surface area contributed by atoms with Crippen molar-refractivity contribution < 1.29 is 45.5 Å². The molecule has 3 rings (SSSR count). The Morgan fingerprint density at radius 3 is 2.17 bits per heavy atom. The number of carbonyl (C=O) groups excluding carboxylic acids is 1. The Hall–Kier alpha value is -4.03. The maximum Gasteiger partial charge on any atom is 0.573 e. The molecule has 1 unspecified atom stereocenters. The van der Waals surface area contributed by atoms with Gasteiger partial charge in [0.25, 0.3) is 5.70 Å². The van der Waals surface area contributed by atoms with E-state index in [4.69, 9.17) is 0 Å². The van der Waals surface area contributed by atoms with Crippen LogP contribution in [0.4, 0.5) is 26.3 Å². The summed E-state index contributed by atoms with van der Waals surface area (Å²) in [5, 5.41) is 14.6. The highest BCUT2D eigenvalue weighted by Crippen LogP contribution is 2.38. The molecule has 186 valence electrons. The predicted octanol–water partition coefficient (Wildman–Crippen LogP) is 4.99. The zero-order valence-corrected chi connectivity index (χ0v) is 17.5. The largest absolute Gasteiger partial charge is 0.573 e. The highest BCUT2D eigenvalue weighted by atomic mass is 19.4. The second-order valence-electron chi connectivity index (χ2n) is 7.27. The minimum absolute atomic E-state index is 0.00427. The van der Waals surface area contributed by atoms with E-state index >= 15 is 0 Å². The average molecular weight is 502 g/mol. The number of nitrogens with zero attached hydrogens (tertiary/aromatic N) is 1. The molecule has 1 aliphatic heterocycles. The van der Waals surface area contributed by atoms with Crippen LogP contribution < -0.4 is 10.1 Å². The number of halogens is 6. The van der Waals surface area contributed by atoms with Crippen LogP contribution in [0.15, 0.2) is 77.8 Å². The number of alkyl halides is 6. The Kier molecular flexibility index (Phi) is 7.37. The second kappa shape index (κ2) is 10.1. The molecule has 13 heteroatoms. The van der Waals surface area contributed by atoms with E-state index < -0.39 is 53.0 Å². The Morgan fingerprint density at radius 2 is 1.63 bits per heavy atom. The maximum absolute atomic E-state index is 12.6. The lowest BCUT2D eigenvalue weighted by molar-refractivity contribution is -0.431. The van der Waals surface area contributed by atoms with Gasteiger partial charge < -0.3 is 14.8 Å². The minimum Gasteiger partial charge on any atom is -0.453 e. The van der Waals surface area contributed by atoms with Crippen LogP contribution in [-0.2, 0) is 16.0 Å². The molecule has 0 spiro atoms. The molecule has 0 radical (unpaired) electrons. The number of carbonyl (C=O) groups is 1. The van der Waals surface area contributed by atoms with Crippen molar-refractivity contribution >= 4 is 5.97 Å². The number of benzene rings is 2. The van der Waals surface area contributed by atoms with Crippen LogP contribution in [0.3, 0.4) is 0 Å². The SMILES string of the molecule is O=C(OCC(F)(F)F)C1=CNC(Cc2ccccc2)=C([N+](=O)[O-])C1c1ccc(OC(F)(F)F)cc1. The first kappa shape index (κ1) is 25.6. The van der Waals surface area contributed by atoms with Crippen LogP contribution in [0.1, 0.15) is 17.0 Å². The fourth-order valence-electron chi connectivity index (χ4n) is 3.41. The lowest BCUT2D eigenvalue weighted by Gasteiger charge is -2.25. The van der Waals surface area contributed by atoms with E-state index in [2.05, 4.69) is 14.8 Å². The summed E-state index contributed by atoms with van der Waals surface area (Å²) in [5.41, 5.74) is -0.441. The van der Waals surface area contributed by atoms with Gasteiger partial charge >= 0.3 is 18.5 Å². The first-order valence-electron chi connectivity index (χ1n) is 9.81. The summed E-state index contributed by atoms with van der Waals surface area (Å²) in [6.45, 7) is -1.93. The summed E-state index contributed by atoms with van der Waals surface area (Å²) in [4.78, 5) is 23.7. The van der Waals surface area contributed by atoms with E-state index in [1.165, 1.54) is 0 Å². The summed E-state index contributed by atoms with van der Waals surface area (Å²) >= 11 is 0. The standard InChI is InChI=1S/C22H16F6N2O5/c23-21(24,25)12-34-20(31)16-11-29-17(10-13-4-2-1-3-5-13)19(30(32)33)18(16)14-6-8-15(9-7-14)35-22(26,27)28/h1-9,11,18,29H,10,12H2. The molecule has 1 N–H and O–H groups in total. The molecule has 7 nitrogen and oxygen atoms in total. The van der Waals surface area contributed by atoms with Gasteiger partial charge in [-0.1, -0.05) is 42.5 Å². The zero-order valence-electron chi connectivity index (χ0n) is 17.5. The number of esters is 1.